The van der Waals surface area contributed by atoms with Gasteiger partial charge in [0.05, 0.1) is 0 Å². The SMILES string of the molecule is O=C(O)CCCC(=O)CCO. The van der Waals surface area contributed by atoms with Crippen LogP contribution in [0.5, 0.6) is 0 Å². The number of aliphatic carboxylic acids is 1. The first-order chi connectivity index (χ1) is 5.16. The van der Waals surface area contributed by atoms with Gasteiger partial charge in [0.1, 0.15) is 5.78 Å². The van der Waals surface area contributed by atoms with Crippen molar-refractivity contribution in [3.05, 3.63) is 0 Å². The molecule has 11 heavy (non-hydrogen) atoms. The Bertz CT molecular complexity index is 141. The number of ketones is 1. The van der Waals surface area contributed by atoms with Crippen molar-refractivity contribution in [1.29, 1.82) is 0 Å². The summed E-state index contributed by atoms with van der Waals surface area (Å²) < 4.78 is 0. The molecule has 0 aliphatic heterocycles. The third-order valence-corrected chi connectivity index (χ3v) is 1.24. The van der Waals surface area contributed by atoms with Crippen LogP contribution in [0.15, 0.2) is 0 Å². The summed E-state index contributed by atoms with van der Waals surface area (Å²) in [4.78, 5) is 20.6. The van der Waals surface area contributed by atoms with Gasteiger partial charge in [-0.1, -0.05) is 0 Å². The molecule has 64 valence electrons. The first-order valence-electron chi connectivity index (χ1n) is 3.51. The summed E-state index contributed by atoms with van der Waals surface area (Å²) in [5.41, 5.74) is 0. The van der Waals surface area contributed by atoms with E-state index < -0.39 is 5.97 Å². The van der Waals surface area contributed by atoms with Gasteiger partial charge in [0, 0.05) is 25.9 Å². The van der Waals surface area contributed by atoms with Crippen molar-refractivity contribution in [3.8, 4) is 0 Å². The number of carbonyl (C=O) groups is 2. The van der Waals surface area contributed by atoms with E-state index in [-0.39, 0.29) is 31.7 Å². The Labute approximate surface area is 64.8 Å². The predicted octanol–water partition coefficient (Wildman–Crippen LogP) is 0.193. The first-order valence-corrected chi connectivity index (χ1v) is 3.51. The molecule has 0 spiro atoms. The Morgan fingerprint density at radius 2 is 1.73 bits per heavy atom. The monoisotopic (exact) mass is 160 g/mol. The van der Waals surface area contributed by atoms with Crippen LogP contribution < -0.4 is 0 Å². The summed E-state index contributed by atoms with van der Waals surface area (Å²) in [5, 5.41) is 16.5. The fraction of sp³-hybridized carbons (Fsp3) is 0.714. The second kappa shape index (κ2) is 5.85. The highest BCUT2D eigenvalue weighted by Gasteiger charge is 2.02. The quantitative estimate of drug-likeness (QED) is 0.581. The van der Waals surface area contributed by atoms with Gasteiger partial charge in [0.15, 0.2) is 0 Å². The van der Waals surface area contributed by atoms with Gasteiger partial charge >= 0.3 is 5.97 Å². The minimum Gasteiger partial charge on any atom is -0.481 e. The van der Waals surface area contributed by atoms with E-state index in [4.69, 9.17) is 10.2 Å². The van der Waals surface area contributed by atoms with Crippen LogP contribution in [-0.2, 0) is 9.59 Å². The molecule has 0 aliphatic rings. The molecular weight excluding hydrogens is 148 g/mol. The number of carboxylic acids is 1. The van der Waals surface area contributed by atoms with Crippen molar-refractivity contribution >= 4 is 11.8 Å². The normalized spacial score (nSPS) is 9.55. The summed E-state index contributed by atoms with van der Waals surface area (Å²) in [6.07, 6.45) is 0.789. The van der Waals surface area contributed by atoms with Crippen LogP contribution in [0.25, 0.3) is 0 Å². The van der Waals surface area contributed by atoms with Gasteiger partial charge in [-0.2, -0.15) is 0 Å². The van der Waals surface area contributed by atoms with E-state index >= 15 is 0 Å². The molecule has 0 fully saturated rings. The van der Waals surface area contributed by atoms with Crippen LogP contribution in [0, 0.1) is 0 Å². The van der Waals surface area contributed by atoms with Gasteiger partial charge in [-0.15, -0.1) is 0 Å². The molecule has 0 saturated carbocycles. The topological polar surface area (TPSA) is 74.6 Å². The van der Waals surface area contributed by atoms with Crippen molar-refractivity contribution in [2.75, 3.05) is 6.61 Å². The predicted molar refractivity (Wildman–Crippen MR) is 38.2 cm³/mol. The van der Waals surface area contributed by atoms with Crippen LogP contribution in [0.2, 0.25) is 0 Å². The molecule has 0 unspecified atom stereocenters. The number of carbonyl (C=O) groups excluding carboxylic acids is 1. The highest BCUT2D eigenvalue weighted by Crippen LogP contribution is 1.98. The first kappa shape index (κ1) is 10.1. The van der Waals surface area contributed by atoms with E-state index in [9.17, 15) is 9.59 Å². The average molecular weight is 160 g/mol. The highest BCUT2D eigenvalue weighted by molar-refractivity contribution is 5.79. The summed E-state index contributed by atoms with van der Waals surface area (Å²) in [5.74, 6) is -0.962. The van der Waals surface area contributed by atoms with Crippen molar-refractivity contribution in [2.45, 2.75) is 25.7 Å². The Morgan fingerprint density at radius 1 is 1.09 bits per heavy atom. The zero-order valence-corrected chi connectivity index (χ0v) is 6.25. The van der Waals surface area contributed by atoms with Crippen LogP contribution in [-0.4, -0.2) is 28.6 Å². The number of rotatable bonds is 6. The molecule has 0 atom stereocenters. The molecule has 0 bridgehead atoms. The van der Waals surface area contributed by atoms with Gasteiger partial charge in [0.25, 0.3) is 0 Å². The van der Waals surface area contributed by atoms with Gasteiger partial charge < -0.3 is 10.2 Å². The Morgan fingerprint density at radius 3 is 2.18 bits per heavy atom. The average Bonchev–Trinajstić information content (AvgIpc) is 1.87. The van der Waals surface area contributed by atoms with Gasteiger partial charge in [-0.25, -0.2) is 0 Å². The van der Waals surface area contributed by atoms with E-state index in [1.807, 2.05) is 0 Å². The minimum absolute atomic E-state index is 0.0250. The fourth-order valence-corrected chi connectivity index (χ4v) is 0.686. The smallest absolute Gasteiger partial charge is 0.303 e. The molecule has 0 aromatic rings. The lowest BCUT2D eigenvalue weighted by Gasteiger charge is -1.95. The summed E-state index contributed by atoms with van der Waals surface area (Å²) >= 11 is 0. The van der Waals surface area contributed by atoms with Gasteiger partial charge in [-0.3, -0.25) is 9.59 Å². The Hall–Kier alpha value is -0.900. The van der Waals surface area contributed by atoms with Gasteiger partial charge in [0.2, 0.25) is 0 Å². The van der Waals surface area contributed by atoms with E-state index in [1.165, 1.54) is 0 Å². The molecule has 0 aromatic carbocycles. The molecule has 2 N–H and O–H groups in total. The lowest BCUT2D eigenvalue weighted by Crippen LogP contribution is -2.02. The van der Waals surface area contributed by atoms with E-state index in [1.54, 1.807) is 0 Å². The number of carboxylic acid groups (broad SMARTS) is 1. The molecule has 4 heteroatoms. The van der Waals surface area contributed by atoms with Crippen molar-refractivity contribution in [3.63, 3.8) is 0 Å². The second-order valence-corrected chi connectivity index (χ2v) is 2.26. The van der Waals surface area contributed by atoms with Crippen molar-refractivity contribution in [2.24, 2.45) is 0 Å². The molecule has 0 aliphatic carbocycles. The summed E-state index contributed by atoms with van der Waals surface area (Å²) in [6, 6.07) is 0. The zero-order valence-electron chi connectivity index (χ0n) is 6.25. The molecule has 0 rings (SSSR count). The zero-order chi connectivity index (χ0) is 8.69. The fourth-order valence-electron chi connectivity index (χ4n) is 0.686. The Balaban J connectivity index is 3.24. The second-order valence-electron chi connectivity index (χ2n) is 2.26. The van der Waals surface area contributed by atoms with Crippen molar-refractivity contribution < 1.29 is 19.8 Å². The summed E-state index contributed by atoms with van der Waals surface area (Å²) in [6.45, 7) is -0.147. The molecule has 0 amide bonds. The van der Waals surface area contributed by atoms with Crippen LogP contribution >= 0.6 is 0 Å². The van der Waals surface area contributed by atoms with Gasteiger partial charge in [-0.05, 0) is 6.42 Å². The number of hydrogen-bond acceptors (Lipinski definition) is 3. The maximum absolute atomic E-state index is 10.7. The number of Topliss-reactive ketones (excluding diaryl/α,β-unsaturated/α-hetero) is 1. The highest BCUT2D eigenvalue weighted by atomic mass is 16.4. The molecular formula is C7H12O4. The minimum atomic E-state index is -0.887. The van der Waals surface area contributed by atoms with Crippen LogP contribution in [0.1, 0.15) is 25.7 Å². The lowest BCUT2D eigenvalue weighted by molar-refractivity contribution is -0.137. The largest absolute Gasteiger partial charge is 0.481 e. The molecule has 0 saturated heterocycles. The maximum Gasteiger partial charge on any atom is 0.303 e. The third-order valence-electron chi connectivity index (χ3n) is 1.24. The lowest BCUT2D eigenvalue weighted by atomic mass is 10.1. The van der Waals surface area contributed by atoms with Crippen LogP contribution in [0.4, 0.5) is 0 Å². The number of hydrogen-bond donors (Lipinski definition) is 2. The maximum atomic E-state index is 10.7. The standard InChI is InChI=1S/C7H12O4/c8-5-4-6(9)2-1-3-7(10)11/h8H,1-5H2,(H,10,11). The molecule has 4 nitrogen and oxygen atoms in total. The van der Waals surface area contributed by atoms with E-state index in [0.29, 0.717) is 6.42 Å². The van der Waals surface area contributed by atoms with E-state index in [2.05, 4.69) is 0 Å². The van der Waals surface area contributed by atoms with E-state index in [0.717, 1.165) is 0 Å². The number of aliphatic hydroxyl groups excluding tert-OH is 1. The summed E-state index contributed by atoms with van der Waals surface area (Å²) in [7, 11) is 0. The third kappa shape index (κ3) is 6.99. The van der Waals surface area contributed by atoms with Crippen LogP contribution in [0.3, 0.4) is 0 Å². The molecule has 0 radical (unpaired) electrons. The Kier molecular flexibility index (Phi) is 5.37. The number of aliphatic hydroxyl groups is 1. The molecule has 0 heterocycles. The van der Waals surface area contributed by atoms with Crippen molar-refractivity contribution in [1.82, 2.24) is 0 Å². The molecule has 0 aromatic heterocycles.